The molecule has 22 heavy (non-hydrogen) atoms. The molecule has 0 radical (unpaired) electrons. The first kappa shape index (κ1) is 14.8. The van der Waals surface area contributed by atoms with Crippen molar-refractivity contribution in [1.29, 1.82) is 0 Å². The van der Waals surface area contributed by atoms with Crippen molar-refractivity contribution in [3.8, 4) is 5.75 Å². The molecule has 0 aromatic carbocycles. The number of anilines is 1. The topological polar surface area (TPSA) is 45.7 Å². The number of hydrogen-bond donors (Lipinski definition) is 0. The average molecular weight is 317 g/mol. The Hall–Kier alpha value is -2.08. The smallest absolute Gasteiger partial charge is 0.264 e. The maximum Gasteiger partial charge on any atom is 0.264 e. The highest BCUT2D eigenvalue weighted by molar-refractivity contribution is 7.12. The quantitative estimate of drug-likeness (QED) is 0.869. The van der Waals surface area contributed by atoms with Crippen LogP contribution in [0.2, 0.25) is 0 Å². The van der Waals surface area contributed by atoms with Crippen molar-refractivity contribution in [2.45, 2.75) is 12.5 Å². The van der Waals surface area contributed by atoms with E-state index in [4.69, 9.17) is 4.74 Å². The van der Waals surface area contributed by atoms with Crippen molar-refractivity contribution < 1.29 is 9.53 Å². The van der Waals surface area contributed by atoms with Crippen molar-refractivity contribution in [3.63, 3.8) is 0 Å². The van der Waals surface area contributed by atoms with Crippen LogP contribution in [0.3, 0.4) is 0 Å². The van der Waals surface area contributed by atoms with Gasteiger partial charge in [-0.2, -0.15) is 0 Å². The monoisotopic (exact) mass is 317 g/mol. The van der Waals surface area contributed by atoms with Crippen LogP contribution < -0.4 is 9.64 Å². The third-order valence-electron chi connectivity index (χ3n) is 3.63. The van der Waals surface area contributed by atoms with Gasteiger partial charge in [0.25, 0.3) is 5.91 Å². The second kappa shape index (κ2) is 6.36. The van der Waals surface area contributed by atoms with E-state index >= 15 is 0 Å². The van der Waals surface area contributed by atoms with E-state index in [1.54, 1.807) is 6.20 Å². The number of aromatic nitrogens is 1. The number of pyridine rings is 1. The molecule has 2 aromatic heterocycles. The molecule has 3 heterocycles. The van der Waals surface area contributed by atoms with E-state index in [9.17, 15) is 4.79 Å². The first-order chi connectivity index (χ1) is 10.6. The zero-order valence-electron chi connectivity index (χ0n) is 12.7. The number of thiophene rings is 1. The zero-order valence-corrected chi connectivity index (χ0v) is 13.5. The van der Waals surface area contributed by atoms with E-state index in [-0.39, 0.29) is 12.0 Å². The lowest BCUT2D eigenvalue weighted by Crippen LogP contribution is -2.30. The Labute approximate surface area is 134 Å². The Kier molecular flexibility index (Phi) is 4.29. The summed E-state index contributed by atoms with van der Waals surface area (Å²) in [6.45, 7) is 1.36. The lowest BCUT2D eigenvalue weighted by Gasteiger charge is -2.20. The Bertz CT molecular complexity index is 643. The zero-order chi connectivity index (χ0) is 15.5. The molecule has 1 fully saturated rings. The minimum absolute atomic E-state index is 0.0202. The minimum Gasteiger partial charge on any atom is -0.485 e. The van der Waals surface area contributed by atoms with Crippen molar-refractivity contribution in [1.82, 2.24) is 9.88 Å². The van der Waals surface area contributed by atoms with Gasteiger partial charge >= 0.3 is 0 Å². The summed E-state index contributed by atoms with van der Waals surface area (Å²) in [6, 6.07) is 7.56. The Morgan fingerprint density at radius 1 is 1.41 bits per heavy atom. The number of carbonyl (C=O) groups is 1. The van der Waals surface area contributed by atoms with E-state index in [0.29, 0.717) is 6.54 Å². The van der Waals surface area contributed by atoms with E-state index < -0.39 is 0 Å². The molecule has 2 aromatic rings. The van der Waals surface area contributed by atoms with E-state index in [1.807, 2.05) is 53.5 Å². The van der Waals surface area contributed by atoms with Crippen LogP contribution in [0.15, 0.2) is 35.8 Å². The van der Waals surface area contributed by atoms with Crippen LogP contribution in [0.4, 0.5) is 5.82 Å². The van der Waals surface area contributed by atoms with Crippen LogP contribution in [0.5, 0.6) is 5.75 Å². The fourth-order valence-electron chi connectivity index (χ4n) is 2.55. The fourth-order valence-corrected chi connectivity index (χ4v) is 3.25. The number of carbonyl (C=O) groups excluding carboxylic acids is 1. The number of ether oxygens (including phenoxy) is 1. The maximum atomic E-state index is 12.3. The highest BCUT2D eigenvalue weighted by Crippen LogP contribution is 2.27. The van der Waals surface area contributed by atoms with Gasteiger partial charge in [0.05, 0.1) is 11.4 Å². The SMILES string of the molecule is CN(C)c1ncccc1OC1CCN(C(=O)c2cccs2)C1. The van der Waals surface area contributed by atoms with Crippen LogP contribution in [-0.4, -0.2) is 49.1 Å². The molecule has 1 amide bonds. The lowest BCUT2D eigenvalue weighted by molar-refractivity contribution is 0.0777. The molecule has 0 N–H and O–H groups in total. The third kappa shape index (κ3) is 3.06. The molecule has 116 valence electrons. The Morgan fingerprint density at radius 3 is 3.00 bits per heavy atom. The van der Waals surface area contributed by atoms with Crippen molar-refractivity contribution in [3.05, 3.63) is 40.7 Å². The molecule has 3 rings (SSSR count). The number of nitrogens with zero attached hydrogens (tertiary/aromatic N) is 3. The normalized spacial score (nSPS) is 17.5. The summed E-state index contributed by atoms with van der Waals surface area (Å²) in [5, 5.41) is 1.93. The highest BCUT2D eigenvalue weighted by Gasteiger charge is 2.29. The number of likely N-dealkylation sites (tertiary alicyclic amines) is 1. The molecule has 5 nitrogen and oxygen atoms in total. The third-order valence-corrected chi connectivity index (χ3v) is 4.49. The van der Waals surface area contributed by atoms with Gasteiger partial charge in [0, 0.05) is 33.3 Å². The number of amides is 1. The minimum atomic E-state index is 0.0202. The molecular formula is C16H19N3O2S. The van der Waals surface area contributed by atoms with Crippen molar-refractivity contribution in [2.24, 2.45) is 0 Å². The fraction of sp³-hybridized carbons (Fsp3) is 0.375. The van der Waals surface area contributed by atoms with Crippen LogP contribution in [-0.2, 0) is 0 Å². The standard InChI is InChI=1S/C16H19N3O2S/c1-18(2)15-13(5-3-8-17-15)21-12-7-9-19(11-12)16(20)14-6-4-10-22-14/h3-6,8,10,12H,7,9,11H2,1-2H3. The largest absolute Gasteiger partial charge is 0.485 e. The molecule has 1 atom stereocenters. The van der Waals surface area contributed by atoms with Crippen molar-refractivity contribution in [2.75, 3.05) is 32.1 Å². The first-order valence-corrected chi connectivity index (χ1v) is 8.15. The highest BCUT2D eigenvalue weighted by atomic mass is 32.1. The molecule has 1 aliphatic heterocycles. The summed E-state index contributed by atoms with van der Waals surface area (Å²) in [6.07, 6.45) is 2.62. The molecular weight excluding hydrogens is 298 g/mol. The summed E-state index contributed by atoms with van der Waals surface area (Å²) in [5.74, 6) is 1.67. The molecule has 1 saturated heterocycles. The second-order valence-corrected chi connectivity index (χ2v) is 6.42. The van der Waals surface area contributed by atoms with E-state index in [0.717, 1.165) is 29.4 Å². The van der Waals surface area contributed by atoms with Crippen LogP contribution in [0, 0.1) is 0 Å². The summed E-state index contributed by atoms with van der Waals surface area (Å²) in [4.78, 5) is 21.3. The van der Waals surface area contributed by atoms with Gasteiger partial charge in [-0.1, -0.05) is 6.07 Å². The average Bonchev–Trinajstić information content (AvgIpc) is 3.18. The van der Waals surface area contributed by atoms with Gasteiger partial charge in [-0.15, -0.1) is 11.3 Å². The molecule has 6 heteroatoms. The summed E-state index contributed by atoms with van der Waals surface area (Å²) in [5.41, 5.74) is 0. The van der Waals surface area contributed by atoms with Gasteiger partial charge < -0.3 is 14.5 Å². The predicted molar refractivity (Wildman–Crippen MR) is 87.8 cm³/mol. The van der Waals surface area contributed by atoms with Gasteiger partial charge in [0.15, 0.2) is 11.6 Å². The van der Waals surface area contributed by atoms with Crippen LogP contribution in [0.25, 0.3) is 0 Å². The summed E-state index contributed by atoms with van der Waals surface area (Å²) < 4.78 is 6.07. The van der Waals surface area contributed by atoms with Gasteiger partial charge in [-0.05, 0) is 23.6 Å². The molecule has 0 saturated carbocycles. The van der Waals surface area contributed by atoms with E-state index in [2.05, 4.69) is 4.98 Å². The van der Waals surface area contributed by atoms with Gasteiger partial charge in [0.2, 0.25) is 0 Å². The van der Waals surface area contributed by atoms with Gasteiger partial charge in [-0.3, -0.25) is 4.79 Å². The molecule has 1 aliphatic rings. The predicted octanol–water partition coefficient (Wildman–Crippen LogP) is 2.50. The molecule has 0 bridgehead atoms. The summed E-state index contributed by atoms with van der Waals surface area (Å²) >= 11 is 1.48. The second-order valence-electron chi connectivity index (χ2n) is 5.48. The number of rotatable bonds is 4. The van der Waals surface area contributed by atoms with Gasteiger partial charge in [-0.25, -0.2) is 4.98 Å². The molecule has 0 spiro atoms. The Morgan fingerprint density at radius 2 is 2.27 bits per heavy atom. The summed E-state index contributed by atoms with van der Waals surface area (Å²) in [7, 11) is 3.88. The number of hydrogen-bond acceptors (Lipinski definition) is 5. The molecule has 1 unspecified atom stereocenters. The van der Waals surface area contributed by atoms with E-state index in [1.165, 1.54) is 11.3 Å². The first-order valence-electron chi connectivity index (χ1n) is 7.27. The van der Waals surface area contributed by atoms with Crippen molar-refractivity contribution >= 4 is 23.1 Å². The maximum absolute atomic E-state index is 12.3. The van der Waals surface area contributed by atoms with Gasteiger partial charge in [0.1, 0.15) is 6.10 Å². The molecule has 0 aliphatic carbocycles. The van der Waals surface area contributed by atoms with Crippen LogP contribution >= 0.6 is 11.3 Å². The van der Waals surface area contributed by atoms with Crippen LogP contribution in [0.1, 0.15) is 16.1 Å². The Balaban J connectivity index is 1.65. The lowest BCUT2D eigenvalue weighted by atomic mass is 10.3.